The van der Waals surface area contributed by atoms with Crippen LogP contribution in [0.1, 0.15) is 21.9 Å². The lowest BCUT2D eigenvalue weighted by atomic mass is 10.2. The number of aryl methyl sites for hydroxylation is 1. The second kappa shape index (κ2) is 5.45. The number of methoxy groups -OCH3 is 1. The van der Waals surface area contributed by atoms with Crippen LogP contribution in [0.5, 0.6) is 0 Å². The van der Waals surface area contributed by atoms with Gasteiger partial charge in [-0.05, 0) is 13.0 Å². The van der Waals surface area contributed by atoms with E-state index in [-0.39, 0.29) is 5.17 Å². The summed E-state index contributed by atoms with van der Waals surface area (Å²) in [5.74, 6) is 6.16. The quantitative estimate of drug-likeness (QED) is 0.267. The number of carbonyl (C=O) groups excluding carboxylic acids is 1. The Morgan fingerprint density at radius 3 is 2.94 bits per heavy atom. The number of nitrogens with zero attached hydrogens (tertiary/aromatic N) is 1. The van der Waals surface area contributed by atoms with Crippen LogP contribution in [-0.4, -0.2) is 18.2 Å². The number of thioether (sulfide) groups is 1. The number of rotatable bonds is 3. The Bertz CT molecular complexity index is 414. The van der Waals surface area contributed by atoms with Crippen LogP contribution in [0.4, 0.5) is 0 Å². The number of amidine groups is 1. The Balaban J connectivity index is 2.73. The Morgan fingerprint density at radius 1 is 1.69 bits per heavy atom. The molecular formula is C9H13N3O3S. The fourth-order valence-electron chi connectivity index (χ4n) is 1.11. The number of carbonyl (C=O) groups is 1. The molecule has 4 N–H and O–H groups in total. The van der Waals surface area contributed by atoms with Gasteiger partial charge in [-0.2, -0.15) is 5.10 Å². The minimum absolute atomic E-state index is 0.258. The third kappa shape index (κ3) is 2.93. The smallest absolute Gasteiger partial charge is 0.341 e. The van der Waals surface area contributed by atoms with E-state index in [1.165, 1.54) is 18.9 Å². The van der Waals surface area contributed by atoms with Crippen molar-refractivity contribution in [3.05, 3.63) is 23.2 Å². The highest BCUT2D eigenvalue weighted by molar-refractivity contribution is 8.13. The van der Waals surface area contributed by atoms with Crippen molar-refractivity contribution in [2.45, 2.75) is 12.7 Å². The normalized spacial score (nSPS) is 11.5. The van der Waals surface area contributed by atoms with E-state index in [1.807, 2.05) is 0 Å². The zero-order valence-corrected chi connectivity index (χ0v) is 9.84. The van der Waals surface area contributed by atoms with Crippen LogP contribution in [-0.2, 0) is 10.5 Å². The predicted octanol–water partition coefficient (Wildman–Crippen LogP) is 0.796. The lowest BCUT2D eigenvalue weighted by Crippen LogP contribution is -2.09. The first-order valence-electron chi connectivity index (χ1n) is 4.42. The molecule has 0 bridgehead atoms. The Hall–Kier alpha value is -1.63. The molecule has 1 rings (SSSR count). The first-order valence-corrected chi connectivity index (χ1v) is 5.40. The van der Waals surface area contributed by atoms with Crippen molar-refractivity contribution in [1.82, 2.24) is 0 Å². The van der Waals surface area contributed by atoms with Gasteiger partial charge in [-0.1, -0.05) is 11.8 Å². The Morgan fingerprint density at radius 2 is 2.38 bits per heavy atom. The Labute approximate surface area is 97.0 Å². The molecule has 0 aliphatic heterocycles. The van der Waals surface area contributed by atoms with Crippen molar-refractivity contribution < 1.29 is 13.9 Å². The minimum Gasteiger partial charge on any atom is -0.465 e. The zero-order chi connectivity index (χ0) is 12.1. The van der Waals surface area contributed by atoms with Crippen LogP contribution in [0.25, 0.3) is 0 Å². The Kier molecular flexibility index (Phi) is 4.24. The number of furan rings is 1. The molecule has 16 heavy (non-hydrogen) atoms. The largest absolute Gasteiger partial charge is 0.465 e. The molecule has 0 unspecified atom stereocenters. The van der Waals surface area contributed by atoms with Gasteiger partial charge in [-0.3, -0.25) is 0 Å². The molecule has 0 saturated heterocycles. The molecule has 0 atom stereocenters. The molecule has 1 aromatic heterocycles. The summed E-state index contributed by atoms with van der Waals surface area (Å²) < 4.78 is 9.96. The molecule has 1 heterocycles. The summed E-state index contributed by atoms with van der Waals surface area (Å²) >= 11 is 1.23. The summed E-state index contributed by atoms with van der Waals surface area (Å²) in [6.45, 7) is 1.70. The van der Waals surface area contributed by atoms with Crippen LogP contribution in [0.3, 0.4) is 0 Å². The number of hydrazone groups is 1. The van der Waals surface area contributed by atoms with Crippen molar-refractivity contribution >= 4 is 22.9 Å². The van der Waals surface area contributed by atoms with Crippen molar-refractivity contribution in [2.75, 3.05) is 7.11 Å². The number of esters is 1. The van der Waals surface area contributed by atoms with E-state index >= 15 is 0 Å². The van der Waals surface area contributed by atoms with Gasteiger partial charge >= 0.3 is 5.97 Å². The topological polar surface area (TPSA) is 104 Å². The second-order valence-electron chi connectivity index (χ2n) is 2.93. The summed E-state index contributed by atoms with van der Waals surface area (Å²) in [6, 6.07) is 1.62. The van der Waals surface area contributed by atoms with Crippen molar-refractivity contribution in [2.24, 2.45) is 16.7 Å². The van der Waals surface area contributed by atoms with Gasteiger partial charge < -0.3 is 20.7 Å². The summed E-state index contributed by atoms with van der Waals surface area (Å²) in [6.07, 6.45) is 0. The number of ether oxygens (including phenoxy) is 1. The maximum Gasteiger partial charge on any atom is 0.341 e. The summed E-state index contributed by atoms with van der Waals surface area (Å²) in [5, 5.41) is 3.57. The molecule has 1 aromatic rings. The van der Waals surface area contributed by atoms with Crippen LogP contribution >= 0.6 is 11.8 Å². The number of hydrogen-bond donors (Lipinski definition) is 2. The maximum absolute atomic E-state index is 11.3. The number of nitrogens with two attached hydrogens (primary N) is 2. The SMILES string of the molecule is COC(=O)c1cc(CSC(N)=NN)oc1C. The monoisotopic (exact) mass is 243 g/mol. The molecule has 6 nitrogen and oxygen atoms in total. The predicted molar refractivity (Wildman–Crippen MR) is 61.9 cm³/mol. The van der Waals surface area contributed by atoms with Crippen LogP contribution < -0.4 is 11.6 Å². The van der Waals surface area contributed by atoms with Crippen LogP contribution in [0.15, 0.2) is 15.6 Å². The van der Waals surface area contributed by atoms with Crippen LogP contribution in [0.2, 0.25) is 0 Å². The lowest BCUT2D eigenvalue weighted by Gasteiger charge is -1.95. The molecule has 0 aromatic carbocycles. The standard InChI is InChI=1S/C9H13N3O3S/c1-5-7(8(13)14-2)3-6(15-5)4-16-9(10)12-11/h3H,4,11H2,1-2H3,(H2,10,12). The first-order chi connectivity index (χ1) is 7.58. The van der Waals surface area contributed by atoms with Gasteiger partial charge in [0.15, 0.2) is 5.17 Å². The molecule has 0 spiro atoms. The minimum atomic E-state index is -0.419. The fourth-order valence-corrected chi connectivity index (χ4v) is 1.62. The van der Waals surface area contributed by atoms with Gasteiger partial charge in [0.2, 0.25) is 0 Å². The van der Waals surface area contributed by atoms with Crippen molar-refractivity contribution in [3.8, 4) is 0 Å². The third-order valence-electron chi connectivity index (χ3n) is 1.86. The third-order valence-corrected chi connectivity index (χ3v) is 2.69. The molecule has 88 valence electrons. The lowest BCUT2D eigenvalue weighted by molar-refractivity contribution is 0.0599. The highest BCUT2D eigenvalue weighted by Crippen LogP contribution is 2.19. The maximum atomic E-state index is 11.3. The van der Waals surface area contributed by atoms with Crippen molar-refractivity contribution in [1.29, 1.82) is 0 Å². The van der Waals surface area contributed by atoms with E-state index in [0.29, 0.717) is 22.8 Å². The van der Waals surface area contributed by atoms with Gasteiger partial charge in [0, 0.05) is 0 Å². The van der Waals surface area contributed by atoms with E-state index < -0.39 is 5.97 Å². The summed E-state index contributed by atoms with van der Waals surface area (Å²) in [7, 11) is 1.32. The highest BCUT2D eigenvalue weighted by atomic mass is 32.2. The molecule has 0 saturated carbocycles. The fraction of sp³-hybridized carbons (Fsp3) is 0.333. The van der Waals surface area contributed by atoms with E-state index in [4.69, 9.17) is 16.0 Å². The molecule has 0 fully saturated rings. The molecule has 0 amide bonds. The van der Waals surface area contributed by atoms with E-state index in [0.717, 1.165) is 0 Å². The van der Waals surface area contributed by atoms with Gasteiger partial charge in [0.25, 0.3) is 0 Å². The van der Waals surface area contributed by atoms with E-state index in [2.05, 4.69) is 9.84 Å². The molecule has 7 heteroatoms. The molecular weight excluding hydrogens is 230 g/mol. The first kappa shape index (κ1) is 12.4. The van der Waals surface area contributed by atoms with Crippen LogP contribution in [0, 0.1) is 6.92 Å². The van der Waals surface area contributed by atoms with Crippen molar-refractivity contribution in [3.63, 3.8) is 0 Å². The average molecular weight is 243 g/mol. The van der Waals surface area contributed by atoms with E-state index in [1.54, 1.807) is 13.0 Å². The van der Waals surface area contributed by atoms with Gasteiger partial charge in [0.05, 0.1) is 12.9 Å². The summed E-state index contributed by atoms with van der Waals surface area (Å²) in [5.41, 5.74) is 5.82. The summed E-state index contributed by atoms with van der Waals surface area (Å²) in [4.78, 5) is 11.3. The molecule has 0 aliphatic rings. The van der Waals surface area contributed by atoms with Gasteiger partial charge in [0.1, 0.15) is 17.1 Å². The molecule has 0 aliphatic carbocycles. The highest BCUT2D eigenvalue weighted by Gasteiger charge is 2.15. The average Bonchev–Trinajstić information content (AvgIpc) is 2.66. The van der Waals surface area contributed by atoms with E-state index in [9.17, 15) is 4.79 Å². The second-order valence-corrected chi connectivity index (χ2v) is 3.93. The molecule has 0 radical (unpaired) electrons. The van der Waals surface area contributed by atoms with Gasteiger partial charge in [-0.15, -0.1) is 0 Å². The number of hydrogen-bond acceptors (Lipinski definition) is 6. The zero-order valence-electron chi connectivity index (χ0n) is 9.02. The van der Waals surface area contributed by atoms with Gasteiger partial charge in [-0.25, -0.2) is 4.79 Å².